The molecule has 0 bridgehead atoms. The van der Waals surface area contributed by atoms with Crippen LogP contribution in [0, 0.1) is 6.58 Å². The van der Waals surface area contributed by atoms with Gasteiger partial charge in [-0.3, -0.25) is 0 Å². The molecule has 1 aromatic carbocycles. The molecule has 14 heavy (non-hydrogen) atoms. The zero-order valence-corrected chi connectivity index (χ0v) is 12.6. The number of nitrogens with zero attached hydrogens (tertiary/aromatic N) is 2. The van der Waals surface area contributed by atoms with Crippen LogP contribution in [0.3, 0.4) is 0 Å². The minimum absolute atomic E-state index is 0.727. The summed E-state index contributed by atoms with van der Waals surface area (Å²) in [6.45, 7) is 0. The summed E-state index contributed by atoms with van der Waals surface area (Å²) in [7, 11) is 0. The molecule has 1 aromatic heterocycles. The first-order valence-corrected chi connectivity index (χ1v) is 6.96. The maximum atomic E-state index is 5.92. The van der Waals surface area contributed by atoms with Gasteiger partial charge in [0, 0.05) is 14.2 Å². The van der Waals surface area contributed by atoms with Gasteiger partial charge >= 0.3 is 0 Å². The lowest BCUT2D eigenvalue weighted by Gasteiger charge is -1.99. The lowest BCUT2D eigenvalue weighted by Crippen LogP contribution is -1.81. The number of hydrogen-bond donors (Lipinski definition) is 0. The van der Waals surface area contributed by atoms with Crippen molar-refractivity contribution < 1.29 is 0 Å². The van der Waals surface area contributed by atoms with E-state index in [1.807, 2.05) is 18.2 Å². The van der Waals surface area contributed by atoms with E-state index in [1.165, 1.54) is 0 Å². The summed E-state index contributed by atoms with van der Waals surface area (Å²) in [6.07, 6.45) is 0. The van der Waals surface area contributed by atoms with Crippen LogP contribution < -0.4 is 0 Å². The van der Waals surface area contributed by atoms with Gasteiger partial charge in [-0.1, -0.05) is 22.9 Å². The van der Waals surface area contributed by atoms with Gasteiger partial charge in [0.05, 0.1) is 0 Å². The maximum Gasteiger partial charge on any atom is 0.178 e. The van der Waals surface area contributed by atoms with Crippen molar-refractivity contribution in [2.24, 2.45) is 0 Å². The topological polar surface area (TPSA) is 25.8 Å². The number of benzene rings is 1. The van der Waals surface area contributed by atoms with Gasteiger partial charge in [0.1, 0.15) is 5.01 Å². The summed E-state index contributed by atoms with van der Waals surface area (Å²) in [5.74, 6) is 0. The van der Waals surface area contributed by atoms with Gasteiger partial charge in [0.2, 0.25) is 0 Å². The first-order valence-electron chi connectivity index (χ1n) is 3.61. The van der Waals surface area contributed by atoms with Gasteiger partial charge in [-0.2, -0.15) is 0 Å². The highest BCUT2D eigenvalue weighted by Crippen LogP contribution is 2.30. The molecular formula is C8H3ClI2N2S. The van der Waals surface area contributed by atoms with E-state index in [-0.39, 0.29) is 0 Å². The molecule has 0 aliphatic carbocycles. The monoisotopic (exact) mass is 448 g/mol. The molecule has 0 radical (unpaired) electrons. The summed E-state index contributed by atoms with van der Waals surface area (Å²) >= 11 is 11.9. The van der Waals surface area contributed by atoms with E-state index < -0.39 is 0 Å². The van der Waals surface area contributed by atoms with Crippen molar-refractivity contribution in [3.8, 4) is 10.6 Å². The normalized spacial score (nSPS) is 10.5. The largest absolute Gasteiger partial charge is 0.178 e. The zero-order valence-electron chi connectivity index (χ0n) is 6.67. The van der Waals surface area contributed by atoms with Gasteiger partial charge in [-0.05, 0) is 63.4 Å². The van der Waals surface area contributed by atoms with Crippen LogP contribution in [0.1, 0.15) is 0 Å². The minimum atomic E-state index is 0.727. The first-order chi connectivity index (χ1) is 6.66. The Kier molecular flexibility index (Phi) is 3.61. The van der Waals surface area contributed by atoms with Crippen molar-refractivity contribution >= 4 is 68.1 Å². The summed E-state index contributed by atoms with van der Waals surface area (Å²) in [5, 5.41) is 9.70. The minimum Gasteiger partial charge on any atom is -0.137 e. The van der Waals surface area contributed by atoms with Crippen LogP contribution in [0.5, 0.6) is 0 Å². The quantitative estimate of drug-likeness (QED) is 0.615. The van der Waals surface area contributed by atoms with Crippen LogP contribution in [0.4, 0.5) is 0 Å². The molecule has 2 aromatic rings. The fourth-order valence-corrected chi connectivity index (χ4v) is 3.26. The van der Waals surface area contributed by atoms with Crippen LogP contribution in [0.15, 0.2) is 18.2 Å². The molecule has 6 heteroatoms. The Bertz CT molecular complexity index is 472. The third-order valence-corrected chi connectivity index (χ3v) is 4.36. The van der Waals surface area contributed by atoms with Crippen LogP contribution >= 0.6 is 68.1 Å². The summed E-state index contributed by atoms with van der Waals surface area (Å²) in [6, 6.07) is 5.77. The van der Waals surface area contributed by atoms with Crippen molar-refractivity contribution in [3.05, 3.63) is 29.8 Å². The molecule has 0 N–H and O–H groups in total. The Morgan fingerprint density at radius 1 is 1.21 bits per heavy atom. The Labute approximate surface area is 117 Å². The highest BCUT2D eigenvalue weighted by molar-refractivity contribution is 14.1. The molecule has 0 amide bonds. The standard InChI is InChI=1S/C8H3ClI2N2S/c9-4-1-2-6(10)5(3-4)7-12-13-8(11)14-7/h1-3H. The fraction of sp³-hybridized carbons (Fsp3) is 0. The van der Waals surface area contributed by atoms with E-state index in [0.29, 0.717) is 0 Å². The smallest absolute Gasteiger partial charge is 0.137 e. The SMILES string of the molecule is Clc1ccc(I)c(-c2nnc(I)s2)c1. The number of rotatable bonds is 1. The fourth-order valence-electron chi connectivity index (χ4n) is 0.976. The molecule has 0 aliphatic heterocycles. The average molecular weight is 448 g/mol. The van der Waals surface area contributed by atoms with E-state index >= 15 is 0 Å². The number of aromatic nitrogens is 2. The summed E-state index contributed by atoms with van der Waals surface area (Å²) < 4.78 is 2.08. The van der Waals surface area contributed by atoms with Crippen molar-refractivity contribution in [3.63, 3.8) is 0 Å². The zero-order chi connectivity index (χ0) is 10.1. The molecule has 0 fully saturated rings. The van der Waals surface area contributed by atoms with E-state index in [0.717, 1.165) is 22.2 Å². The molecule has 0 saturated carbocycles. The van der Waals surface area contributed by atoms with Crippen molar-refractivity contribution in [2.45, 2.75) is 0 Å². The van der Waals surface area contributed by atoms with Crippen molar-refractivity contribution in [1.82, 2.24) is 10.2 Å². The van der Waals surface area contributed by atoms with E-state index in [4.69, 9.17) is 11.6 Å². The molecule has 0 unspecified atom stereocenters. The highest BCUT2D eigenvalue weighted by atomic mass is 127. The summed E-state index contributed by atoms with van der Waals surface area (Å²) in [4.78, 5) is 0. The second-order valence-electron chi connectivity index (χ2n) is 2.48. The third kappa shape index (κ3) is 2.37. The summed E-state index contributed by atoms with van der Waals surface area (Å²) in [5.41, 5.74) is 1.05. The van der Waals surface area contributed by atoms with Crippen LogP contribution in [-0.4, -0.2) is 10.2 Å². The molecule has 0 spiro atoms. The van der Waals surface area contributed by atoms with Gasteiger partial charge < -0.3 is 0 Å². The van der Waals surface area contributed by atoms with E-state index in [1.54, 1.807) is 11.3 Å². The molecule has 0 aliphatic rings. The van der Waals surface area contributed by atoms with Gasteiger partial charge in [0.15, 0.2) is 3.01 Å². The highest BCUT2D eigenvalue weighted by Gasteiger charge is 2.08. The predicted octanol–water partition coefficient (Wildman–Crippen LogP) is 4.07. The molecule has 72 valence electrons. The lowest BCUT2D eigenvalue weighted by molar-refractivity contribution is 1.07. The van der Waals surface area contributed by atoms with Gasteiger partial charge in [-0.25, -0.2) is 0 Å². The Morgan fingerprint density at radius 3 is 2.64 bits per heavy atom. The maximum absolute atomic E-state index is 5.92. The Hall–Kier alpha value is 0.530. The molecule has 0 saturated heterocycles. The van der Waals surface area contributed by atoms with E-state index in [2.05, 4.69) is 55.4 Å². The molecule has 2 rings (SSSR count). The van der Waals surface area contributed by atoms with Crippen LogP contribution in [0.2, 0.25) is 5.02 Å². The Morgan fingerprint density at radius 2 is 2.00 bits per heavy atom. The second-order valence-corrected chi connectivity index (χ2v) is 6.81. The molecule has 0 atom stereocenters. The lowest BCUT2D eigenvalue weighted by atomic mass is 10.2. The Balaban J connectivity index is 2.55. The average Bonchev–Trinajstić information content (AvgIpc) is 2.56. The van der Waals surface area contributed by atoms with Crippen molar-refractivity contribution in [2.75, 3.05) is 0 Å². The van der Waals surface area contributed by atoms with Crippen LogP contribution in [0.25, 0.3) is 10.6 Å². The van der Waals surface area contributed by atoms with Crippen molar-refractivity contribution in [1.29, 1.82) is 0 Å². The first kappa shape index (κ1) is 11.0. The number of halogens is 3. The van der Waals surface area contributed by atoms with Gasteiger partial charge in [0.25, 0.3) is 0 Å². The second kappa shape index (κ2) is 4.58. The molecule has 1 heterocycles. The predicted molar refractivity (Wildman–Crippen MR) is 75.8 cm³/mol. The molecular weight excluding hydrogens is 445 g/mol. The van der Waals surface area contributed by atoms with E-state index in [9.17, 15) is 0 Å². The third-order valence-electron chi connectivity index (χ3n) is 1.56. The van der Waals surface area contributed by atoms with Crippen LogP contribution in [-0.2, 0) is 0 Å². The molecule has 2 nitrogen and oxygen atoms in total. The number of hydrogen-bond acceptors (Lipinski definition) is 3. The van der Waals surface area contributed by atoms with Gasteiger partial charge in [-0.15, -0.1) is 10.2 Å².